The molecular formula is C26H31FN2O2S. The Morgan fingerprint density at radius 2 is 2.06 bits per heavy atom. The predicted molar refractivity (Wildman–Crippen MR) is 127 cm³/mol. The third-order valence-corrected chi connectivity index (χ3v) is 8.68. The average Bonchev–Trinajstić information content (AvgIpc) is 3.37. The highest BCUT2D eigenvalue weighted by Crippen LogP contribution is 2.36. The van der Waals surface area contributed by atoms with Crippen LogP contribution in [0.5, 0.6) is 0 Å². The highest BCUT2D eigenvalue weighted by Gasteiger charge is 2.26. The first-order valence-corrected chi connectivity index (χ1v) is 12.6. The summed E-state index contributed by atoms with van der Waals surface area (Å²) in [5.41, 5.74) is 4.80. The topological polar surface area (TPSA) is 36.7 Å². The number of thiophene rings is 1. The summed E-state index contributed by atoms with van der Waals surface area (Å²) in [7, 11) is 0. The number of fused-ring (bicyclic) bond motifs is 2. The molecule has 0 atom stereocenters. The Balaban J connectivity index is 1.21. The van der Waals surface area contributed by atoms with Crippen LogP contribution in [0.4, 0.5) is 4.39 Å². The number of hydrogen-bond acceptors (Lipinski definition) is 4. The van der Waals surface area contributed by atoms with Crippen molar-refractivity contribution in [1.82, 2.24) is 9.80 Å². The Hall–Kier alpha value is -2.18. The van der Waals surface area contributed by atoms with E-state index in [1.165, 1.54) is 38.6 Å². The fourth-order valence-electron chi connectivity index (χ4n) is 5.45. The fourth-order valence-corrected chi connectivity index (χ4v) is 6.83. The molecule has 1 fully saturated rings. The van der Waals surface area contributed by atoms with Gasteiger partial charge in [0.15, 0.2) is 0 Å². The first kappa shape index (κ1) is 21.7. The summed E-state index contributed by atoms with van der Waals surface area (Å²) in [6.07, 6.45) is 7.20. The fraction of sp³-hybridized carbons (Fsp3) is 0.500. The van der Waals surface area contributed by atoms with Crippen molar-refractivity contribution < 1.29 is 13.6 Å². The lowest BCUT2D eigenvalue weighted by atomic mass is 9.89. The number of carbonyl (C=O) groups excluding carboxylic acids is 1. The smallest absolute Gasteiger partial charge is 0.219 e. The van der Waals surface area contributed by atoms with Gasteiger partial charge in [-0.1, -0.05) is 6.92 Å². The zero-order valence-corrected chi connectivity index (χ0v) is 19.8. The molecule has 2 aliphatic heterocycles. The Morgan fingerprint density at radius 3 is 2.81 bits per heavy atom. The Kier molecular flexibility index (Phi) is 6.08. The number of nitrogens with zero attached hydrogens (tertiary/aromatic N) is 2. The molecule has 0 saturated carbocycles. The molecule has 170 valence electrons. The van der Waals surface area contributed by atoms with E-state index in [1.54, 1.807) is 6.92 Å². The monoisotopic (exact) mass is 454 g/mol. The lowest BCUT2D eigenvalue weighted by Crippen LogP contribution is -2.34. The van der Waals surface area contributed by atoms with E-state index in [1.807, 2.05) is 28.6 Å². The van der Waals surface area contributed by atoms with Crippen LogP contribution in [0.1, 0.15) is 59.1 Å². The largest absolute Gasteiger partial charge is 0.464 e. The van der Waals surface area contributed by atoms with Gasteiger partial charge in [-0.3, -0.25) is 4.79 Å². The van der Waals surface area contributed by atoms with Crippen LogP contribution in [0, 0.1) is 5.82 Å². The average molecular weight is 455 g/mol. The standard InChI is InChI=1S/C26H31FN2O2S/c1-3-20-22-15-29(17(2)30)13-9-26(22)32-25(20)8-12-28-10-6-18(7-11-28)23-16-31-24-14-19(27)4-5-21(23)24/h4-5,14,16,18H,3,6-13,15H2,1-2H3. The van der Waals surface area contributed by atoms with E-state index in [-0.39, 0.29) is 11.7 Å². The van der Waals surface area contributed by atoms with Crippen molar-refractivity contribution >= 4 is 28.2 Å². The summed E-state index contributed by atoms with van der Waals surface area (Å²) in [5.74, 6) is 0.420. The predicted octanol–water partition coefficient (Wildman–Crippen LogP) is 5.52. The molecule has 2 aliphatic rings. The number of amides is 1. The number of furan rings is 1. The minimum atomic E-state index is -0.246. The molecule has 3 aromatic rings. The maximum atomic E-state index is 13.5. The minimum absolute atomic E-state index is 0.184. The molecule has 0 bridgehead atoms. The molecule has 0 N–H and O–H groups in total. The minimum Gasteiger partial charge on any atom is -0.464 e. The van der Waals surface area contributed by atoms with E-state index >= 15 is 0 Å². The van der Waals surface area contributed by atoms with Crippen LogP contribution in [-0.2, 0) is 30.6 Å². The molecule has 32 heavy (non-hydrogen) atoms. The van der Waals surface area contributed by atoms with Crippen LogP contribution in [0.2, 0.25) is 0 Å². The first-order valence-electron chi connectivity index (χ1n) is 11.8. The molecule has 0 spiro atoms. The van der Waals surface area contributed by atoms with Gasteiger partial charge < -0.3 is 14.2 Å². The van der Waals surface area contributed by atoms with Crippen LogP contribution in [-0.4, -0.2) is 41.9 Å². The van der Waals surface area contributed by atoms with Crippen LogP contribution >= 0.6 is 11.3 Å². The van der Waals surface area contributed by atoms with Gasteiger partial charge in [0.25, 0.3) is 0 Å². The van der Waals surface area contributed by atoms with Gasteiger partial charge in [0, 0.05) is 53.3 Å². The van der Waals surface area contributed by atoms with E-state index in [0.29, 0.717) is 11.5 Å². The van der Waals surface area contributed by atoms with Crippen molar-refractivity contribution in [2.45, 2.75) is 58.4 Å². The van der Waals surface area contributed by atoms with Gasteiger partial charge in [-0.25, -0.2) is 4.39 Å². The summed E-state index contributed by atoms with van der Waals surface area (Å²) < 4.78 is 19.1. The number of piperidine rings is 1. The Labute approximate surface area is 193 Å². The van der Waals surface area contributed by atoms with E-state index in [0.717, 1.165) is 70.2 Å². The number of hydrogen-bond donors (Lipinski definition) is 0. The normalized spacial score (nSPS) is 17.8. The van der Waals surface area contributed by atoms with Crippen molar-refractivity contribution in [2.75, 3.05) is 26.2 Å². The second-order valence-corrected chi connectivity index (χ2v) is 10.3. The quantitative estimate of drug-likeness (QED) is 0.509. The number of carbonyl (C=O) groups is 1. The highest BCUT2D eigenvalue weighted by atomic mass is 32.1. The number of rotatable bonds is 5. The second-order valence-electron chi connectivity index (χ2n) is 9.15. The maximum absolute atomic E-state index is 13.5. The van der Waals surface area contributed by atoms with Gasteiger partial charge in [0.1, 0.15) is 11.4 Å². The van der Waals surface area contributed by atoms with Gasteiger partial charge in [-0.05, 0) is 74.4 Å². The zero-order chi connectivity index (χ0) is 22.2. The van der Waals surface area contributed by atoms with Crippen molar-refractivity contribution in [3.05, 3.63) is 56.7 Å². The molecular weight excluding hydrogens is 423 g/mol. The van der Waals surface area contributed by atoms with E-state index in [2.05, 4.69) is 11.8 Å². The lowest BCUT2D eigenvalue weighted by molar-refractivity contribution is -0.129. The molecule has 4 nitrogen and oxygen atoms in total. The SMILES string of the molecule is CCc1c(CCN2CCC(c3coc4cc(F)ccc34)CC2)sc2c1CN(C(C)=O)CC2. The molecule has 4 heterocycles. The molecule has 0 unspecified atom stereocenters. The van der Waals surface area contributed by atoms with Gasteiger partial charge in [0.05, 0.1) is 6.26 Å². The maximum Gasteiger partial charge on any atom is 0.219 e. The van der Waals surface area contributed by atoms with Crippen molar-refractivity contribution in [2.24, 2.45) is 0 Å². The Morgan fingerprint density at radius 1 is 1.25 bits per heavy atom. The van der Waals surface area contributed by atoms with Crippen LogP contribution in [0.25, 0.3) is 11.0 Å². The zero-order valence-electron chi connectivity index (χ0n) is 19.0. The summed E-state index contributed by atoms with van der Waals surface area (Å²) >= 11 is 1.98. The van der Waals surface area contributed by atoms with Gasteiger partial charge >= 0.3 is 0 Å². The van der Waals surface area contributed by atoms with E-state index < -0.39 is 0 Å². The molecule has 1 saturated heterocycles. The molecule has 0 aliphatic carbocycles. The third kappa shape index (κ3) is 4.11. The molecule has 0 radical (unpaired) electrons. The molecule has 6 heteroatoms. The molecule has 1 amide bonds. The third-order valence-electron chi connectivity index (χ3n) is 7.29. The Bertz CT molecular complexity index is 1130. The van der Waals surface area contributed by atoms with Crippen molar-refractivity contribution in [3.63, 3.8) is 0 Å². The van der Waals surface area contributed by atoms with E-state index in [9.17, 15) is 9.18 Å². The summed E-state index contributed by atoms with van der Waals surface area (Å²) in [4.78, 5) is 19.4. The number of likely N-dealkylation sites (tertiary alicyclic amines) is 1. The summed E-state index contributed by atoms with van der Waals surface area (Å²) in [6, 6.07) is 4.86. The van der Waals surface area contributed by atoms with Crippen LogP contribution in [0.3, 0.4) is 0 Å². The summed E-state index contributed by atoms with van der Waals surface area (Å²) in [6.45, 7) is 8.83. The van der Waals surface area contributed by atoms with Crippen molar-refractivity contribution in [3.8, 4) is 0 Å². The van der Waals surface area contributed by atoms with Crippen LogP contribution in [0.15, 0.2) is 28.9 Å². The second kappa shape index (κ2) is 8.99. The number of halogens is 1. The van der Waals surface area contributed by atoms with Crippen LogP contribution < -0.4 is 0 Å². The van der Waals surface area contributed by atoms with Gasteiger partial charge in [0.2, 0.25) is 5.91 Å². The lowest BCUT2D eigenvalue weighted by Gasteiger charge is -2.31. The highest BCUT2D eigenvalue weighted by molar-refractivity contribution is 7.12. The van der Waals surface area contributed by atoms with E-state index in [4.69, 9.17) is 4.42 Å². The van der Waals surface area contributed by atoms with Gasteiger partial charge in [-0.2, -0.15) is 0 Å². The molecule has 2 aromatic heterocycles. The number of benzene rings is 1. The molecule has 5 rings (SSSR count). The molecule has 1 aromatic carbocycles. The first-order chi connectivity index (χ1) is 15.5. The van der Waals surface area contributed by atoms with Gasteiger partial charge in [-0.15, -0.1) is 11.3 Å². The summed E-state index contributed by atoms with van der Waals surface area (Å²) in [5, 5.41) is 1.06. The van der Waals surface area contributed by atoms with Crippen molar-refractivity contribution in [1.29, 1.82) is 0 Å².